The largest absolute Gasteiger partial charge is 0.340 e. The average molecular weight is 552 g/mol. The molecule has 0 saturated carbocycles. The minimum Gasteiger partial charge on any atom is -0.340 e. The number of rotatable bonds is 9. The number of anilines is 1. The summed E-state index contributed by atoms with van der Waals surface area (Å²) in [5, 5.41) is 22.1. The molecule has 0 aliphatic carbocycles. The summed E-state index contributed by atoms with van der Waals surface area (Å²) in [4.78, 5) is 25.9. The summed E-state index contributed by atoms with van der Waals surface area (Å²) in [6.45, 7) is 0. The predicted molar refractivity (Wildman–Crippen MR) is 142 cm³/mol. The Hall–Kier alpha value is -4.39. The monoisotopic (exact) mass is 551 g/mol. The summed E-state index contributed by atoms with van der Waals surface area (Å²) >= 11 is 6.13. The van der Waals surface area contributed by atoms with E-state index in [9.17, 15) is 18.0 Å². The Morgan fingerprint density at radius 1 is 1.05 bits per heavy atom. The molecule has 1 atom stereocenters. The summed E-state index contributed by atoms with van der Waals surface area (Å²) in [5.41, 5.74) is 2.20. The van der Waals surface area contributed by atoms with Gasteiger partial charge in [-0.2, -0.15) is 4.68 Å². The third-order valence-electron chi connectivity index (χ3n) is 5.35. The minimum atomic E-state index is -3.96. The van der Waals surface area contributed by atoms with Crippen molar-refractivity contribution in [2.45, 2.75) is 17.4 Å². The van der Waals surface area contributed by atoms with Crippen LogP contribution in [0.5, 0.6) is 0 Å². The Balaban J connectivity index is 1.55. The van der Waals surface area contributed by atoms with Crippen LogP contribution in [0.25, 0.3) is 11.8 Å². The SMILES string of the molecule is NS(=O)(=O)c1cccc(NC(=O)[C@H](Cc2ccccc2)NC(=O)/C=C/c2cc(Cl)ccc2-n2cnnn2)c1. The first-order chi connectivity index (χ1) is 18.2. The first-order valence-electron chi connectivity index (χ1n) is 11.2. The maximum absolute atomic E-state index is 13.2. The number of nitrogens with one attached hydrogen (secondary N) is 2. The van der Waals surface area contributed by atoms with Gasteiger partial charge in [-0.3, -0.25) is 9.59 Å². The van der Waals surface area contributed by atoms with Gasteiger partial charge >= 0.3 is 0 Å². The lowest BCUT2D eigenvalue weighted by molar-refractivity contribution is -0.123. The number of aromatic nitrogens is 4. The highest BCUT2D eigenvalue weighted by molar-refractivity contribution is 7.89. The zero-order valence-corrected chi connectivity index (χ0v) is 21.3. The lowest BCUT2D eigenvalue weighted by Gasteiger charge is -2.18. The Bertz CT molecular complexity index is 1580. The second-order valence-electron chi connectivity index (χ2n) is 8.10. The van der Waals surface area contributed by atoms with E-state index in [0.29, 0.717) is 16.3 Å². The Kier molecular flexibility index (Phi) is 8.26. The molecule has 4 N–H and O–H groups in total. The van der Waals surface area contributed by atoms with E-state index >= 15 is 0 Å². The average Bonchev–Trinajstić information content (AvgIpc) is 3.42. The van der Waals surface area contributed by atoms with Gasteiger partial charge in [0.2, 0.25) is 21.8 Å². The van der Waals surface area contributed by atoms with Crippen molar-refractivity contribution in [1.29, 1.82) is 0 Å². The zero-order chi connectivity index (χ0) is 27.1. The second kappa shape index (κ2) is 11.8. The molecule has 0 bridgehead atoms. The molecule has 3 aromatic carbocycles. The lowest BCUT2D eigenvalue weighted by Crippen LogP contribution is -2.44. The molecule has 11 nitrogen and oxygen atoms in total. The van der Waals surface area contributed by atoms with E-state index in [1.807, 2.05) is 30.3 Å². The number of nitrogens with zero attached hydrogens (tertiary/aromatic N) is 4. The van der Waals surface area contributed by atoms with Crippen LogP contribution in [0, 0.1) is 0 Å². The summed E-state index contributed by atoms with van der Waals surface area (Å²) in [7, 11) is -3.96. The number of primary sulfonamides is 1. The quantitative estimate of drug-likeness (QED) is 0.269. The first kappa shape index (κ1) is 26.7. The van der Waals surface area contributed by atoms with Crippen LogP contribution in [0.3, 0.4) is 0 Å². The van der Waals surface area contributed by atoms with E-state index in [1.165, 1.54) is 47.4 Å². The molecule has 0 radical (unpaired) electrons. The van der Waals surface area contributed by atoms with E-state index in [1.54, 1.807) is 18.2 Å². The van der Waals surface area contributed by atoms with Crippen LogP contribution in [0.4, 0.5) is 5.69 Å². The topological polar surface area (TPSA) is 162 Å². The standard InChI is InChI=1S/C25H22ClN7O4S/c26-19-10-11-23(33-16-28-31-32-33)18(14-19)9-12-24(34)30-22(13-17-5-2-1-3-6-17)25(35)29-20-7-4-8-21(15-20)38(27,36)37/h1-12,14-16,22H,13H2,(H,29,35)(H,30,34)(H2,27,36,37)/b12-9+/t22-/m0/s1. The number of carbonyl (C=O) groups excluding carboxylic acids is 2. The number of tetrazole rings is 1. The fourth-order valence-electron chi connectivity index (χ4n) is 3.56. The molecular formula is C25H22ClN7O4S. The number of hydrogen-bond acceptors (Lipinski definition) is 7. The predicted octanol–water partition coefficient (Wildman–Crippen LogP) is 2.34. The van der Waals surface area contributed by atoms with Gasteiger partial charge in [0.25, 0.3) is 0 Å². The van der Waals surface area contributed by atoms with Crippen molar-refractivity contribution in [1.82, 2.24) is 25.5 Å². The summed E-state index contributed by atoms with van der Waals surface area (Å²) in [6.07, 6.45) is 4.40. The Morgan fingerprint density at radius 3 is 2.55 bits per heavy atom. The first-order valence-corrected chi connectivity index (χ1v) is 13.1. The number of halogens is 1. The Morgan fingerprint density at radius 2 is 1.84 bits per heavy atom. The minimum absolute atomic E-state index is 0.151. The zero-order valence-electron chi connectivity index (χ0n) is 19.7. The van der Waals surface area contributed by atoms with Crippen molar-refractivity contribution < 1.29 is 18.0 Å². The van der Waals surface area contributed by atoms with Gasteiger partial charge in [0, 0.05) is 28.8 Å². The maximum atomic E-state index is 13.2. The molecular weight excluding hydrogens is 530 g/mol. The highest BCUT2D eigenvalue weighted by atomic mass is 35.5. The fourth-order valence-corrected chi connectivity index (χ4v) is 4.30. The number of carbonyl (C=O) groups is 2. The van der Waals surface area contributed by atoms with E-state index in [-0.39, 0.29) is 17.0 Å². The van der Waals surface area contributed by atoms with Crippen molar-refractivity contribution in [3.05, 3.63) is 101 Å². The van der Waals surface area contributed by atoms with Gasteiger partial charge < -0.3 is 10.6 Å². The van der Waals surface area contributed by atoms with Crippen LogP contribution >= 0.6 is 11.6 Å². The number of hydrogen-bond donors (Lipinski definition) is 3. The second-order valence-corrected chi connectivity index (χ2v) is 10.1. The van der Waals surface area contributed by atoms with Crippen LogP contribution in [0.15, 0.2) is 90.1 Å². The highest BCUT2D eigenvalue weighted by Gasteiger charge is 2.21. The van der Waals surface area contributed by atoms with E-state index in [2.05, 4.69) is 26.2 Å². The van der Waals surface area contributed by atoms with E-state index < -0.39 is 27.9 Å². The third-order valence-corrected chi connectivity index (χ3v) is 6.49. The van der Waals surface area contributed by atoms with Crippen molar-refractivity contribution in [2.24, 2.45) is 5.14 Å². The smallest absolute Gasteiger partial charge is 0.247 e. The molecule has 38 heavy (non-hydrogen) atoms. The Labute approximate surface area is 223 Å². The molecule has 2 amide bonds. The van der Waals surface area contributed by atoms with Crippen LogP contribution in [0.2, 0.25) is 5.02 Å². The van der Waals surface area contributed by atoms with Crippen LogP contribution in [0.1, 0.15) is 11.1 Å². The van der Waals surface area contributed by atoms with E-state index in [4.69, 9.17) is 16.7 Å². The van der Waals surface area contributed by atoms with Gasteiger partial charge in [0.05, 0.1) is 10.6 Å². The van der Waals surface area contributed by atoms with Gasteiger partial charge in [-0.05, 0) is 58.5 Å². The number of nitrogens with two attached hydrogens (primary N) is 1. The van der Waals surface area contributed by atoms with Gasteiger partial charge in [0.1, 0.15) is 12.4 Å². The van der Waals surface area contributed by atoms with Gasteiger partial charge in [0.15, 0.2) is 0 Å². The molecule has 0 aliphatic heterocycles. The molecule has 1 aromatic heterocycles. The fraction of sp³-hybridized carbons (Fsp3) is 0.0800. The molecule has 0 fully saturated rings. The van der Waals surface area contributed by atoms with Crippen molar-refractivity contribution >= 4 is 45.2 Å². The molecule has 13 heteroatoms. The molecule has 0 unspecified atom stereocenters. The highest BCUT2D eigenvalue weighted by Crippen LogP contribution is 2.20. The summed E-state index contributed by atoms with van der Waals surface area (Å²) < 4.78 is 24.8. The molecule has 194 valence electrons. The molecule has 4 rings (SSSR count). The lowest BCUT2D eigenvalue weighted by atomic mass is 10.0. The van der Waals surface area contributed by atoms with Crippen LogP contribution in [-0.2, 0) is 26.0 Å². The molecule has 4 aromatic rings. The van der Waals surface area contributed by atoms with Gasteiger partial charge in [-0.25, -0.2) is 13.6 Å². The molecule has 0 spiro atoms. The summed E-state index contributed by atoms with van der Waals surface area (Å²) in [6, 6.07) is 18.7. The van der Waals surface area contributed by atoms with Crippen molar-refractivity contribution in [3.8, 4) is 5.69 Å². The molecule has 1 heterocycles. The van der Waals surface area contributed by atoms with Crippen LogP contribution in [-0.4, -0.2) is 46.5 Å². The molecule has 0 saturated heterocycles. The normalized spacial score (nSPS) is 12.3. The molecule has 0 aliphatic rings. The van der Waals surface area contributed by atoms with Crippen LogP contribution < -0.4 is 15.8 Å². The number of amides is 2. The maximum Gasteiger partial charge on any atom is 0.247 e. The van der Waals surface area contributed by atoms with Crippen molar-refractivity contribution in [3.63, 3.8) is 0 Å². The van der Waals surface area contributed by atoms with Gasteiger partial charge in [-0.15, -0.1) is 5.10 Å². The summed E-state index contributed by atoms with van der Waals surface area (Å²) in [5.74, 6) is -1.08. The van der Waals surface area contributed by atoms with Crippen molar-refractivity contribution in [2.75, 3.05) is 5.32 Å². The number of sulfonamides is 1. The van der Waals surface area contributed by atoms with E-state index in [0.717, 1.165) is 5.56 Å². The van der Waals surface area contributed by atoms with Gasteiger partial charge in [-0.1, -0.05) is 48.0 Å². The number of benzene rings is 3. The third kappa shape index (κ3) is 7.09.